The number of carbonyl (C=O) groups is 1. The zero-order chi connectivity index (χ0) is 9.52. The number of ether oxygens (including phenoxy) is 1. The Hall–Kier alpha value is -0.550. The molecule has 0 aliphatic carbocycles. The van der Waals surface area contributed by atoms with Crippen LogP contribution in [0.1, 0.15) is 26.2 Å². The number of hydrogen-bond donors (Lipinski definition) is 0. The molecule has 0 amide bonds. The molecule has 74 valence electrons. The highest BCUT2D eigenvalue weighted by Crippen LogP contribution is 2.21. The maximum Gasteiger partial charge on any atom is 0.331 e. The molecule has 1 rings (SSSR count). The number of oxime groups is 1. The molecule has 0 saturated carbocycles. The van der Waals surface area contributed by atoms with Gasteiger partial charge in [-0.15, -0.1) is 0 Å². The van der Waals surface area contributed by atoms with Crippen LogP contribution in [0.15, 0.2) is 5.16 Å². The fourth-order valence-electron chi connectivity index (χ4n) is 1.01. The summed E-state index contributed by atoms with van der Waals surface area (Å²) in [5, 5.41) is 3.47. The summed E-state index contributed by atoms with van der Waals surface area (Å²) >= 11 is 1.45. The minimum atomic E-state index is -0.401. The van der Waals surface area contributed by atoms with Gasteiger partial charge in [0.05, 0.1) is 0 Å². The summed E-state index contributed by atoms with van der Waals surface area (Å²) in [5.74, 6) is -0.401. The molecule has 0 aromatic heterocycles. The molecule has 4 nitrogen and oxygen atoms in total. The van der Waals surface area contributed by atoms with Gasteiger partial charge in [-0.05, 0) is 19.3 Å². The molecule has 0 bridgehead atoms. The summed E-state index contributed by atoms with van der Waals surface area (Å²) in [4.78, 5) is 14.7. The second-order valence-corrected chi connectivity index (χ2v) is 3.73. The van der Waals surface area contributed by atoms with Crippen LogP contribution < -0.4 is 0 Å². The summed E-state index contributed by atoms with van der Waals surface area (Å²) < 4.78 is 5.42. The second kappa shape index (κ2) is 5.99. The summed E-state index contributed by atoms with van der Waals surface area (Å²) in [5.41, 5.74) is 1.69. The smallest absolute Gasteiger partial charge is 0.331 e. The Morgan fingerprint density at radius 3 is 3.15 bits per heavy atom. The lowest BCUT2D eigenvalue weighted by molar-refractivity contribution is -0.140. The zero-order valence-electron chi connectivity index (χ0n) is 7.56. The van der Waals surface area contributed by atoms with E-state index in [0.29, 0.717) is 0 Å². The van der Waals surface area contributed by atoms with Crippen molar-refractivity contribution in [2.24, 2.45) is 5.16 Å². The van der Waals surface area contributed by atoms with Gasteiger partial charge in [0.2, 0.25) is 0 Å². The van der Waals surface area contributed by atoms with Gasteiger partial charge in [0.15, 0.2) is 0 Å². The van der Waals surface area contributed by atoms with Crippen LogP contribution in [0.5, 0.6) is 0 Å². The summed E-state index contributed by atoms with van der Waals surface area (Å²) in [7, 11) is 0. The Kier molecular flexibility index (Phi) is 4.85. The van der Waals surface area contributed by atoms with Gasteiger partial charge in [0.1, 0.15) is 11.0 Å². The van der Waals surface area contributed by atoms with Gasteiger partial charge in [-0.1, -0.05) is 16.9 Å². The number of nitrogens with zero attached hydrogens (tertiary/aromatic N) is 1. The van der Waals surface area contributed by atoms with Gasteiger partial charge >= 0.3 is 5.97 Å². The highest BCUT2D eigenvalue weighted by molar-refractivity contribution is 8.12. The third kappa shape index (κ3) is 4.90. The lowest BCUT2D eigenvalue weighted by atomic mass is 10.2. The van der Waals surface area contributed by atoms with Crippen LogP contribution in [0.4, 0.5) is 0 Å². The number of thioether (sulfide) groups is 1. The molecule has 1 unspecified atom stereocenters. The Balaban J connectivity index is 2.09. The molecular formula is C8H13NO3S. The van der Waals surface area contributed by atoms with E-state index in [-0.39, 0.29) is 5.44 Å². The first-order valence-electron chi connectivity index (χ1n) is 4.25. The van der Waals surface area contributed by atoms with Crippen molar-refractivity contribution < 1.29 is 14.4 Å². The third-order valence-corrected chi connectivity index (χ3v) is 2.46. The number of carbonyl (C=O) groups excluding carboxylic acids is 1. The van der Waals surface area contributed by atoms with Gasteiger partial charge in [-0.25, -0.2) is 4.79 Å². The molecule has 1 atom stereocenters. The van der Waals surface area contributed by atoms with Crippen LogP contribution in [0, 0.1) is 0 Å². The van der Waals surface area contributed by atoms with E-state index in [1.165, 1.54) is 30.7 Å². The minimum absolute atomic E-state index is 0.174. The Labute approximate surface area is 81.6 Å². The first-order chi connectivity index (χ1) is 6.29. The molecule has 5 heteroatoms. The van der Waals surface area contributed by atoms with E-state index in [1.54, 1.807) is 0 Å². The van der Waals surface area contributed by atoms with E-state index in [0.717, 1.165) is 19.4 Å². The molecule has 0 radical (unpaired) electrons. The van der Waals surface area contributed by atoms with Crippen LogP contribution >= 0.6 is 11.8 Å². The van der Waals surface area contributed by atoms with Gasteiger partial charge in [0, 0.05) is 13.5 Å². The van der Waals surface area contributed by atoms with Crippen LogP contribution in [-0.2, 0) is 14.4 Å². The van der Waals surface area contributed by atoms with Crippen LogP contribution in [0.3, 0.4) is 0 Å². The lowest BCUT2D eigenvalue weighted by Crippen LogP contribution is -2.15. The highest BCUT2D eigenvalue weighted by Gasteiger charge is 2.12. The van der Waals surface area contributed by atoms with E-state index in [9.17, 15) is 4.79 Å². The molecular weight excluding hydrogens is 190 g/mol. The largest absolute Gasteiger partial charge is 0.367 e. The average molecular weight is 203 g/mol. The fourth-order valence-corrected chi connectivity index (χ4v) is 1.71. The van der Waals surface area contributed by atoms with E-state index in [2.05, 4.69) is 9.99 Å². The maximum atomic E-state index is 10.3. The number of rotatable bonds is 3. The number of hydrogen-bond acceptors (Lipinski definition) is 5. The molecule has 0 N–H and O–H groups in total. The van der Waals surface area contributed by atoms with Crippen LogP contribution in [0.2, 0.25) is 0 Å². The highest BCUT2D eigenvalue weighted by atomic mass is 32.2. The molecule has 1 fully saturated rings. The topological polar surface area (TPSA) is 47.9 Å². The van der Waals surface area contributed by atoms with Crippen molar-refractivity contribution in [2.45, 2.75) is 31.6 Å². The van der Waals surface area contributed by atoms with Crippen LogP contribution in [-0.4, -0.2) is 23.6 Å². The lowest BCUT2D eigenvalue weighted by Gasteiger charge is -2.19. The third-order valence-electron chi connectivity index (χ3n) is 1.57. The zero-order valence-corrected chi connectivity index (χ0v) is 8.38. The minimum Gasteiger partial charge on any atom is -0.367 e. The molecule has 1 aliphatic heterocycles. The van der Waals surface area contributed by atoms with E-state index in [1.807, 2.05) is 0 Å². The molecule has 1 heterocycles. The summed E-state index contributed by atoms with van der Waals surface area (Å²) in [6.07, 6.45) is 3.37. The quantitative estimate of drug-likeness (QED) is 0.303. The van der Waals surface area contributed by atoms with Crippen molar-refractivity contribution in [3.05, 3.63) is 0 Å². The van der Waals surface area contributed by atoms with E-state index < -0.39 is 5.97 Å². The molecule has 0 aromatic rings. The summed E-state index contributed by atoms with van der Waals surface area (Å²) in [6.45, 7) is 2.14. The molecule has 0 aromatic carbocycles. The first kappa shape index (κ1) is 10.5. The molecule has 0 spiro atoms. The van der Waals surface area contributed by atoms with Crippen molar-refractivity contribution in [3.8, 4) is 0 Å². The standard InChI is InChI=1S/C8H13NO3S/c1-7(10)12-9-6-13-8-4-2-3-5-11-8/h6,8H,2-5H2,1H3. The van der Waals surface area contributed by atoms with Crippen molar-refractivity contribution in [2.75, 3.05) is 6.61 Å². The van der Waals surface area contributed by atoms with Crippen molar-refractivity contribution in [3.63, 3.8) is 0 Å². The Morgan fingerprint density at radius 1 is 1.69 bits per heavy atom. The molecule has 1 aliphatic rings. The Bertz CT molecular complexity index is 190. The van der Waals surface area contributed by atoms with Crippen LogP contribution in [0.25, 0.3) is 0 Å². The van der Waals surface area contributed by atoms with Gasteiger partial charge < -0.3 is 9.57 Å². The predicted octanol–water partition coefficient (Wildman–Crippen LogP) is 1.75. The Morgan fingerprint density at radius 2 is 2.54 bits per heavy atom. The fraction of sp³-hybridized carbons (Fsp3) is 0.750. The molecule has 1 saturated heterocycles. The van der Waals surface area contributed by atoms with E-state index >= 15 is 0 Å². The summed E-state index contributed by atoms with van der Waals surface area (Å²) in [6, 6.07) is 0. The molecule has 13 heavy (non-hydrogen) atoms. The second-order valence-electron chi connectivity index (χ2n) is 2.73. The van der Waals surface area contributed by atoms with Gasteiger partial charge in [-0.3, -0.25) is 0 Å². The van der Waals surface area contributed by atoms with Crippen molar-refractivity contribution >= 4 is 23.3 Å². The van der Waals surface area contributed by atoms with Crippen molar-refractivity contribution in [1.82, 2.24) is 0 Å². The maximum absolute atomic E-state index is 10.3. The van der Waals surface area contributed by atoms with Gasteiger partial charge in [-0.2, -0.15) is 0 Å². The van der Waals surface area contributed by atoms with E-state index in [4.69, 9.17) is 4.74 Å². The monoisotopic (exact) mass is 203 g/mol. The predicted molar refractivity (Wildman–Crippen MR) is 51.4 cm³/mol. The van der Waals surface area contributed by atoms with Gasteiger partial charge in [0.25, 0.3) is 0 Å². The van der Waals surface area contributed by atoms with Crippen molar-refractivity contribution in [1.29, 1.82) is 0 Å². The average Bonchev–Trinajstić information content (AvgIpc) is 2.14. The SMILES string of the molecule is CC(=O)ON=CSC1CCCCO1. The normalized spacial score (nSPS) is 23.3. The first-order valence-corrected chi connectivity index (χ1v) is 5.20.